The van der Waals surface area contributed by atoms with E-state index in [9.17, 15) is 13.2 Å². The lowest BCUT2D eigenvalue weighted by molar-refractivity contribution is -0.126. The summed E-state index contributed by atoms with van der Waals surface area (Å²) in [5.41, 5.74) is 1.14. The van der Waals surface area contributed by atoms with Gasteiger partial charge in [-0.2, -0.15) is 4.31 Å². The first-order valence-corrected chi connectivity index (χ1v) is 12.0. The second-order valence-electron chi connectivity index (χ2n) is 7.78. The summed E-state index contributed by atoms with van der Waals surface area (Å²) < 4.78 is 32.5. The van der Waals surface area contributed by atoms with Gasteiger partial charge in [0.2, 0.25) is 15.9 Å². The minimum Gasteiger partial charge on any atom is -0.497 e. The predicted octanol–water partition coefficient (Wildman–Crippen LogP) is 2.74. The Labute approximate surface area is 185 Å². The van der Waals surface area contributed by atoms with Crippen LogP contribution in [-0.2, 0) is 14.8 Å². The van der Waals surface area contributed by atoms with Gasteiger partial charge in [-0.25, -0.2) is 8.42 Å². The van der Waals surface area contributed by atoms with E-state index in [-0.39, 0.29) is 23.3 Å². The molecule has 0 radical (unpaired) electrons. The number of piperidine rings is 1. The van der Waals surface area contributed by atoms with Gasteiger partial charge in [0.05, 0.1) is 17.9 Å². The van der Waals surface area contributed by atoms with Crippen molar-refractivity contribution in [2.45, 2.75) is 24.2 Å². The SMILES string of the molecule is COc1ccc(S(=O)(=O)N2CCCC(C(=O)NCCCN(C)c3ccccc3)C2)cc1. The molecule has 0 saturated carbocycles. The van der Waals surface area contributed by atoms with E-state index < -0.39 is 10.0 Å². The lowest BCUT2D eigenvalue weighted by atomic mass is 9.99. The number of hydrogen-bond donors (Lipinski definition) is 1. The minimum absolute atomic E-state index is 0.0722. The van der Waals surface area contributed by atoms with Crippen molar-refractivity contribution in [1.29, 1.82) is 0 Å². The van der Waals surface area contributed by atoms with Crippen molar-refractivity contribution >= 4 is 21.6 Å². The fraction of sp³-hybridized carbons (Fsp3) is 0.435. The molecule has 1 atom stereocenters. The summed E-state index contributed by atoms with van der Waals surface area (Å²) in [5, 5.41) is 2.98. The number of hydrogen-bond acceptors (Lipinski definition) is 5. The maximum atomic E-state index is 13.0. The number of nitrogens with zero attached hydrogens (tertiary/aromatic N) is 2. The highest BCUT2D eigenvalue weighted by molar-refractivity contribution is 7.89. The van der Waals surface area contributed by atoms with Crippen LogP contribution in [0.4, 0.5) is 5.69 Å². The summed E-state index contributed by atoms with van der Waals surface area (Å²) >= 11 is 0. The summed E-state index contributed by atoms with van der Waals surface area (Å²) in [6.07, 6.45) is 2.19. The average molecular weight is 446 g/mol. The molecule has 1 unspecified atom stereocenters. The first-order valence-electron chi connectivity index (χ1n) is 10.6. The van der Waals surface area contributed by atoms with Crippen LogP contribution < -0.4 is 15.0 Å². The number of rotatable bonds is 9. The molecule has 1 heterocycles. The zero-order valence-electron chi connectivity index (χ0n) is 18.2. The molecule has 3 rings (SSSR count). The molecule has 1 N–H and O–H groups in total. The third-order valence-electron chi connectivity index (χ3n) is 5.62. The topological polar surface area (TPSA) is 79.0 Å². The number of benzene rings is 2. The fourth-order valence-electron chi connectivity index (χ4n) is 3.76. The highest BCUT2D eigenvalue weighted by Gasteiger charge is 2.33. The fourth-order valence-corrected chi connectivity index (χ4v) is 5.28. The smallest absolute Gasteiger partial charge is 0.243 e. The van der Waals surface area contributed by atoms with Crippen molar-refractivity contribution in [1.82, 2.24) is 9.62 Å². The van der Waals surface area contributed by atoms with Gasteiger partial charge in [-0.3, -0.25) is 4.79 Å². The van der Waals surface area contributed by atoms with Gasteiger partial charge < -0.3 is 15.0 Å². The minimum atomic E-state index is -3.63. The third kappa shape index (κ3) is 5.98. The predicted molar refractivity (Wildman–Crippen MR) is 122 cm³/mol. The van der Waals surface area contributed by atoms with Gasteiger partial charge in [0.25, 0.3) is 0 Å². The molecule has 1 saturated heterocycles. The van der Waals surface area contributed by atoms with Crippen LogP contribution >= 0.6 is 0 Å². The average Bonchev–Trinajstić information content (AvgIpc) is 2.82. The van der Waals surface area contributed by atoms with Gasteiger partial charge in [0, 0.05) is 38.9 Å². The number of amides is 1. The molecule has 2 aromatic rings. The Morgan fingerprint density at radius 1 is 1.16 bits per heavy atom. The molecule has 31 heavy (non-hydrogen) atoms. The monoisotopic (exact) mass is 445 g/mol. The van der Waals surface area contributed by atoms with Gasteiger partial charge in [-0.1, -0.05) is 18.2 Å². The number of nitrogens with one attached hydrogen (secondary N) is 1. The normalized spacial score (nSPS) is 17.2. The standard InChI is InChI=1S/C23H31N3O4S/c1-25(20-9-4-3-5-10-20)16-7-15-24-23(27)19-8-6-17-26(18-19)31(28,29)22-13-11-21(30-2)12-14-22/h3-5,9-14,19H,6-8,15-18H2,1-2H3,(H,24,27). The van der Waals surface area contributed by atoms with Gasteiger partial charge in [0.1, 0.15) is 5.75 Å². The molecule has 0 spiro atoms. The van der Waals surface area contributed by atoms with E-state index in [1.54, 1.807) is 24.3 Å². The van der Waals surface area contributed by atoms with E-state index in [1.807, 2.05) is 25.2 Å². The molecule has 8 heteroatoms. The molecule has 168 valence electrons. The van der Waals surface area contributed by atoms with Crippen LogP contribution in [0.1, 0.15) is 19.3 Å². The first-order chi connectivity index (χ1) is 14.9. The van der Waals surface area contributed by atoms with Gasteiger partial charge in [-0.05, 0) is 55.7 Å². The maximum absolute atomic E-state index is 13.0. The molecular formula is C23H31N3O4S. The van der Waals surface area contributed by atoms with Crippen LogP contribution in [0.2, 0.25) is 0 Å². The van der Waals surface area contributed by atoms with Crippen LogP contribution in [0.3, 0.4) is 0 Å². The van der Waals surface area contributed by atoms with Crippen molar-refractivity contribution in [3.8, 4) is 5.75 Å². The summed E-state index contributed by atoms with van der Waals surface area (Å²) in [6, 6.07) is 16.4. The van der Waals surface area contributed by atoms with Crippen molar-refractivity contribution in [3.63, 3.8) is 0 Å². The van der Waals surface area contributed by atoms with E-state index in [0.717, 1.165) is 18.7 Å². The van der Waals surface area contributed by atoms with E-state index >= 15 is 0 Å². The summed E-state index contributed by atoms with van der Waals surface area (Å²) in [5.74, 6) is 0.207. The lowest BCUT2D eigenvalue weighted by Crippen LogP contribution is -2.45. The third-order valence-corrected chi connectivity index (χ3v) is 7.50. The van der Waals surface area contributed by atoms with E-state index in [0.29, 0.717) is 31.7 Å². The molecule has 1 aliphatic rings. The number of ether oxygens (including phenoxy) is 1. The largest absolute Gasteiger partial charge is 0.497 e. The van der Waals surface area contributed by atoms with Crippen LogP contribution in [0.15, 0.2) is 59.5 Å². The molecule has 7 nitrogen and oxygen atoms in total. The molecule has 0 aromatic heterocycles. The number of carbonyl (C=O) groups excluding carboxylic acids is 1. The highest BCUT2D eigenvalue weighted by atomic mass is 32.2. The molecule has 2 aromatic carbocycles. The van der Waals surface area contributed by atoms with Crippen LogP contribution in [-0.4, -0.2) is 59.0 Å². The number of sulfonamides is 1. The van der Waals surface area contributed by atoms with E-state index in [2.05, 4.69) is 22.3 Å². The number of para-hydroxylation sites is 1. The Bertz CT molecular complexity index is 949. The zero-order valence-corrected chi connectivity index (χ0v) is 19.0. The molecule has 1 aliphatic heterocycles. The van der Waals surface area contributed by atoms with Crippen LogP contribution in [0.5, 0.6) is 5.75 Å². The number of methoxy groups -OCH3 is 1. The molecule has 1 amide bonds. The summed E-state index contributed by atoms with van der Waals surface area (Å²) in [7, 11) is -0.0627. The Kier molecular flexibility index (Phi) is 7.92. The zero-order chi connectivity index (χ0) is 22.3. The molecule has 0 bridgehead atoms. The second kappa shape index (κ2) is 10.6. The highest BCUT2D eigenvalue weighted by Crippen LogP contribution is 2.25. The quantitative estimate of drug-likeness (QED) is 0.601. The summed E-state index contributed by atoms with van der Waals surface area (Å²) in [6.45, 7) is 2.04. The van der Waals surface area contributed by atoms with Crippen molar-refractivity contribution in [3.05, 3.63) is 54.6 Å². The number of anilines is 1. The maximum Gasteiger partial charge on any atom is 0.243 e. The Balaban J connectivity index is 1.49. The Hall–Kier alpha value is -2.58. The Morgan fingerprint density at radius 2 is 1.87 bits per heavy atom. The van der Waals surface area contributed by atoms with Crippen molar-refractivity contribution in [2.75, 3.05) is 45.2 Å². The lowest BCUT2D eigenvalue weighted by Gasteiger charge is -2.31. The van der Waals surface area contributed by atoms with Crippen LogP contribution in [0, 0.1) is 5.92 Å². The van der Waals surface area contributed by atoms with Crippen molar-refractivity contribution in [2.24, 2.45) is 5.92 Å². The molecule has 0 aliphatic carbocycles. The second-order valence-corrected chi connectivity index (χ2v) is 9.72. The molecule has 1 fully saturated rings. The molecular weight excluding hydrogens is 414 g/mol. The summed E-state index contributed by atoms with van der Waals surface area (Å²) in [4.78, 5) is 15.0. The van der Waals surface area contributed by atoms with Gasteiger partial charge in [0.15, 0.2) is 0 Å². The van der Waals surface area contributed by atoms with E-state index in [1.165, 1.54) is 11.4 Å². The first kappa shape index (κ1) is 23.1. The van der Waals surface area contributed by atoms with Gasteiger partial charge in [-0.15, -0.1) is 0 Å². The number of carbonyl (C=O) groups is 1. The van der Waals surface area contributed by atoms with Crippen molar-refractivity contribution < 1.29 is 17.9 Å². The van der Waals surface area contributed by atoms with Gasteiger partial charge >= 0.3 is 0 Å². The van der Waals surface area contributed by atoms with Crippen LogP contribution in [0.25, 0.3) is 0 Å². The van der Waals surface area contributed by atoms with E-state index in [4.69, 9.17) is 4.74 Å². The Morgan fingerprint density at radius 3 is 2.55 bits per heavy atom.